The van der Waals surface area contributed by atoms with Crippen molar-refractivity contribution < 1.29 is 28.4 Å². The predicted octanol–water partition coefficient (Wildman–Crippen LogP) is 3.36. The van der Waals surface area contributed by atoms with Gasteiger partial charge in [-0.15, -0.1) is 0 Å². The summed E-state index contributed by atoms with van der Waals surface area (Å²) in [5.41, 5.74) is 1.10. The van der Waals surface area contributed by atoms with Gasteiger partial charge in [0.1, 0.15) is 24.4 Å². The van der Waals surface area contributed by atoms with Crippen molar-refractivity contribution in [2.24, 2.45) is 0 Å². The van der Waals surface area contributed by atoms with Crippen molar-refractivity contribution in [3.8, 4) is 0 Å². The zero-order valence-electron chi connectivity index (χ0n) is 15.4. The largest absolute Gasteiger partial charge is 0.374 e. The van der Waals surface area contributed by atoms with Crippen molar-refractivity contribution in [3.63, 3.8) is 0 Å². The van der Waals surface area contributed by atoms with Crippen LogP contribution in [0.5, 0.6) is 0 Å². The van der Waals surface area contributed by atoms with Gasteiger partial charge >= 0.3 is 0 Å². The molecule has 6 nitrogen and oxygen atoms in total. The Labute approximate surface area is 162 Å². The fraction of sp³-hybridized carbons (Fsp3) is 0.684. The van der Waals surface area contributed by atoms with Crippen LogP contribution >= 0.6 is 15.9 Å². The number of hydrogen-bond donors (Lipinski definition) is 0. The molecule has 26 heavy (non-hydrogen) atoms. The van der Waals surface area contributed by atoms with Crippen molar-refractivity contribution in [2.45, 2.75) is 76.6 Å². The lowest BCUT2D eigenvalue weighted by Gasteiger charge is -2.37. The van der Waals surface area contributed by atoms with Crippen LogP contribution in [0.3, 0.4) is 0 Å². The Morgan fingerprint density at radius 3 is 2.23 bits per heavy atom. The Kier molecular flexibility index (Phi) is 4.93. The third-order valence-corrected chi connectivity index (χ3v) is 5.24. The zero-order chi connectivity index (χ0) is 18.5. The highest BCUT2D eigenvalue weighted by atomic mass is 79.9. The fourth-order valence-corrected chi connectivity index (χ4v) is 3.97. The van der Waals surface area contributed by atoms with Crippen LogP contribution in [0.1, 0.15) is 33.3 Å². The molecular weight excluding hydrogens is 404 g/mol. The van der Waals surface area contributed by atoms with Gasteiger partial charge in [0.25, 0.3) is 0 Å². The summed E-state index contributed by atoms with van der Waals surface area (Å²) >= 11 is 3.44. The van der Waals surface area contributed by atoms with E-state index in [1.807, 2.05) is 52.0 Å². The van der Waals surface area contributed by atoms with E-state index in [2.05, 4.69) is 15.9 Å². The standard InChI is InChI=1S/C19H25BrO6/c1-18(2)23-14-13(10-21-9-11-5-7-12(20)8-6-11)22-17-16(15(14)24-18)25-19(3,4)26-17/h5-8,13-17H,9-10H2,1-4H3/t13?,14-,15-,16?,17+/m0/s1. The molecule has 3 heterocycles. The van der Waals surface area contributed by atoms with Crippen molar-refractivity contribution in [3.05, 3.63) is 34.3 Å². The summed E-state index contributed by atoms with van der Waals surface area (Å²) in [4.78, 5) is 0. The molecule has 0 N–H and O–H groups in total. The Morgan fingerprint density at radius 2 is 1.50 bits per heavy atom. The van der Waals surface area contributed by atoms with Gasteiger partial charge in [0.2, 0.25) is 0 Å². The molecule has 4 rings (SSSR count). The summed E-state index contributed by atoms with van der Waals surface area (Å²) in [7, 11) is 0. The molecule has 1 aromatic rings. The lowest BCUT2D eigenvalue weighted by atomic mass is 9.99. The Hall–Kier alpha value is -0.540. The van der Waals surface area contributed by atoms with E-state index < -0.39 is 17.9 Å². The van der Waals surface area contributed by atoms with Gasteiger partial charge in [0.15, 0.2) is 17.9 Å². The maximum Gasteiger partial charge on any atom is 0.190 e. The van der Waals surface area contributed by atoms with Crippen molar-refractivity contribution in [1.82, 2.24) is 0 Å². The number of ether oxygens (including phenoxy) is 6. The van der Waals surface area contributed by atoms with E-state index in [1.54, 1.807) is 0 Å². The number of halogens is 1. The SMILES string of the molecule is CC1(C)OC2[C@H](OC(COCc3ccc(Br)cc3)[C@@H]3OC(C)(C)O[C@H]23)O1. The highest BCUT2D eigenvalue weighted by Gasteiger charge is 2.60. The second kappa shape index (κ2) is 6.81. The molecule has 3 saturated heterocycles. The first kappa shape index (κ1) is 18.8. The lowest BCUT2D eigenvalue weighted by Crippen LogP contribution is -2.56. The van der Waals surface area contributed by atoms with E-state index in [1.165, 1.54) is 0 Å². The maximum atomic E-state index is 6.13. The monoisotopic (exact) mass is 428 g/mol. The summed E-state index contributed by atoms with van der Waals surface area (Å²) in [6.45, 7) is 8.46. The highest BCUT2D eigenvalue weighted by molar-refractivity contribution is 9.10. The first-order valence-corrected chi connectivity index (χ1v) is 9.71. The highest BCUT2D eigenvalue weighted by Crippen LogP contribution is 2.44. The molecule has 0 aliphatic carbocycles. The van der Waals surface area contributed by atoms with Gasteiger partial charge in [-0.3, -0.25) is 0 Å². The third-order valence-electron chi connectivity index (χ3n) is 4.71. The topological polar surface area (TPSA) is 55.4 Å². The van der Waals surface area contributed by atoms with Gasteiger partial charge in [-0.2, -0.15) is 0 Å². The molecule has 3 aliphatic heterocycles. The molecule has 0 aromatic heterocycles. The minimum absolute atomic E-state index is 0.244. The molecule has 0 radical (unpaired) electrons. The van der Waals surface area contributed by atoms with Gasteiger partial charge in [-0.05, 0) is 45.4 Å². The van der Waals surface area contributed by atoms with Crippen molar-refractivity contribution in [2.75, 3.05) is 6.61 Å². The van der Waals surface area contributed by atoms with Crippen LogP contribution in [-0.2, 0) is 35.0 Å². The molecule has 1 aromatic carbocycles. The number of fused-ring (bicyclic) bond motifs is 3. The number of hydrogen-bond acceptors (Lipinski definition) is 6. The van der Waals surface area contributed by atoms with Crippen LogP contribution in [0.2, 0.25) is 0 Å². The van der Waals surface area contributed by atoms with Crippen LogP contribution in [0, 0.1) is 0 Å². The summed E-state index contributed by atoms with van der Waals surface area (Å²) in [6.07, 6.45) is -1.57. The molecule has 5 atom stereocenters. The van der Waals surface area contributed by atoms with Crippen LogP contribution in [-0.4, -0.2) is 48.9 Å². The van der Waals surface area contributed by atoms with E-state index in [-0.39, 0.29) is 24.4 Å². The third kappa shape index (κ3) is 3.85. The molecule has 0 bridgehead atoms. The van der Waals surface area contributed by atoms with E-state index in [4.69, 9.17) is 28.4 Å². The molecular formula is C19H25BrO6. The number of rotatable bonds is 4. The van der Waals surface area contributed by atoms with E-state index in [9.17, 15) is 0 Å². The predicted molar refractivity (Wildman–Crippen MR) is 96.3 cm³/mol. The molecule has 144 valence electrons. The second-order valence-electron chi connectivity index (χ2n) is 7.85. The summed E-state index contributed by atoms with van der Waals surface area (Å²) in [5.74, 6) is -1.39. The quantitative estimate of drug-likeness (QED) is 0.732. The van der Waals surface area contributed by atoms with E-state index in [0.717, 1.165) is 10.0 Å². The Bertz CT molecular complexity index is 646. The van der Waals surface area contributed by atoms with Gasteiger partial charge in [0, 0.05) is 4.47 Å². The second-order valence-corrected chi connectivity index (χ2v) is 8.77. The van der Waals surface area contributed by atoms with Gasteiger partial charge in [0.05, 0.1) is 13.2 Å². The van der Waals surface area contributed by atoms with Crippen LogP contribution < -0.4 is 0 Å². The number of benzene rings is 1. The fourth-order valence-electron chi connectivity index (χ4n) is 3.70. The van der Waals surface area contributed by atoms with E-state index in [0.29, 0.717) is 13.2 Å². The van der Waals surface area contributed by atoms with Gasteiger partial charge in [-0.25, -0.2) is 0 Å². The van der Waals surface area contributed by atoms with Crippen molar-refractivity contribution in [1.29, 1.82) is 0 Å². The first-order valence-electron chi connectivity index (χ1n) is 8.91. The van der Waals surface area contributed by atoms with Crippen LogP contribution in [0.25, 0.3) is 0 Å². The van der Waals surface area contributed by atoms with Crippen molar-refractivity contribution >= 4 is 15.9 Å². The van der Waals surface area contributed by atoms with Crippen LogP contribution in [0.15, 0.2) is 28.7 Å². The minimum atomic E-state index is -0.705. The molecule has 3 aliphatic rings. The Balaban J connectivity index is 1.43. The van der Waals surface area contributed by atoms with E-state index >= 15 is 0 Å². The average molecular weight is 429 g/mol. The van der Waals surface area contributed by atoms with Gasteiger partial charge < -0.3 is 28.4 Å². The van der Waals surface area contributed by atoms with Gasteiger partial charge in [-0.1, -0.05) is 28.1 Å². The minimum Gasteiger partial charge on any atom is -0.374 e. The smallest absolute Gasteiger partial charge is 0.190 e. The molecule has 0 saturated carbocycles. The molecule has 0 amide bonds. The summed E-state index contributed by atoms with van der Waals surface area (Å²) < 4.78 is 37.2. The lowest BCUT2D eigenvalue weighted by molar-refractivity contribution is -0.243. The maximum absolute atomic E-state index is 6.13. The average Bonchev–Trinajstić information content (AvgIpc) is 3.03. The Morgan fingerprint density at radius 1 is 0.885 bits per heavy atom. The molecule has 0 spiro atoms. The normalized spacial score (nSPS) is 37.3. The molecule has 2 unspecified atom stereocenters. The van der Waals surface area contributed by atoms with Crippen LogP contribution in [0.4, 0.5) is 0 Å². The molecule has 3 fully saturated rings. The molecule has 7 heteroatoms. The summed E-state index contributed by atoms with van der Waals surface area (Å²) in [5, 5.41) is 0. The summed E-state index contributed by atoms with van der Waals surface area (Å²) in [6, 6.07) is 8.05. The first-order chi connectivity index (χ1) is 12.2. The zero-order valence-corrected chi connectivity index (χ0v) is 17.0.